The molecule has 0 aliphatic rings. The molecule has 0 saturated heterocycles. The highest BCUT2D eigenvalue weighted by atomic mass is 32.2. The molecule has 7 heteroatoms. The van der Waals surface area contributed by atoms with Crippen molar-refractivity contribution in [1.29, 1.82) is 0 Å². The van der Waals surface area contributed by atoms with Gasteiger partial charge in [0, 0.05) is 17.9 Å². The van der Waals surface area contributed by atoms with E-state index < -0.39 is 12.0 Å². The summed E-state index contributed by atoms with van der Waals surface area (Å²) in [5, 5.41) is 9.44. The number of benzene rings is 1. The molecule has 3 rings (SSSR count). The van der Waals surface area contributed by atoms with E-state index in [4.69, 9.17) is 15.3 Å². The van der Waals surface area contributed by atoms with E-state index in [1.54, 1.807) is 6.07 Å². The van der Waals surface area contributed by atoms with Gasteiger partial charge in [0.1, 0.15) is 11.6 Å². The van der Waals surface area contributed by atoms with Gasteiger partial charge in [-0.1, -0.05) is 30.0 Å². The maximum Gasteiger partial charge on any atom is 0.320 e. The fraction of sp³-hybridized carbons (Fsp3) is 0.188. The molecule has 1 aromatic carbocycles. The largest absolute Gasteiger partial charge is 0.480 e. The first kappa shape index (κ1) is 15.5. The monoisotopic (exact) mass is 329 g/mol. The van der Waals surface area contributed by atoms with E-state index in [0.29, 0.717) is 16.7 Å². The van der Waals surface area contributed by atoms with Crippen LogP contribution in [0.25, 0.3) is 11.1 Å². The Balaban J connectivity index is 1.67. The first-order valence-corrected chi connectivity index (χ1v) is 8.02. The molecule has 1 unspecified atom stereocenters. The molecule has 0 bridgehead atoms. The molecule has 3 aromatic rings. The SMILES string of the molecule is NC(Cc1cccc(CSc2nc3ccccc3o2)n1)C(=O)O. The van der Waals surface area contributed by atoms with Crippen molar-refractivity contribution in [2.24, 2.45) is 5.73 Å². The molecule has 0 spiro atoms. The van der Waals surface area contributed by atoms with Gasteiger partial charge in [0.25, 0.3) is 5.22 Å². The second kappa shape index (κ2) is 6.80. The number of oxazole rings is 1. The molecule has 23 heavy (non-hydrogen) atoms. The third-order valence-electron chi connectivity index (χ3n) is 3.23. The standard InChI is InChI=1S/C16H15N3O3S/c17-12(15(20)21)8-10-4-3-5-11(18-10)9-23-16-19-13-6-1-2-7-14(13)22-16/h1-7,12H,8-9,17H2,(H,20,21). The van der Waals surface area contributed by atoms with Crippen molar-refractivity contribution in [1.82, 2.24) is 9.97 Å². The third-order valence-corrected chi connectivity index (χ3v) is 4.09. The maximum absolute atomic E-state index is 10.8. The van der Waals surface area contributed by atoms with E-state index in [0.717, 1.165) is 16.8 Å². The lowest BCUT2D eigenvalue weighted by atomic mass is 10.1. The summed E-state index contributed by atoms with van der Waals surface area (Å²) < 4.78 is 5.64. The van der Waals surface area contributed by atoms with Gasteiger partial charge < -0.3 is 15.3 Å². The van der Waals surface area contributed by atoms with Crippen LogP contribution in [0.3, 0.4) is 0 Å². The van der Waals surface area contributed by atoms with Gasteiger partial charge in [0.05, 0.1) is 5.69 Å². The quantitative estimate of drug-likeness (QED) is 0.670. The van der Waals surface area contributed by atoms with Crippen LogP contribution >= 0.6 is 11.8 Å². The Morgan fingerprint density at radius 3 is 2.74 bits per heavy atom. The molecule has 0 aliphatic heterocycles. The highest BCUT2D eigenvalue weighted by Crippen LogP contribution is 2.25. The van der Waals surface area contributed by atoms with Crippen LogP contribution in [0.1, 0.15) is 11.4 Å². The summed E-state index contributed by atoms with van der Waals surface area (Å²) in [6, 6.07) is 12.1. The number of carboxylic acids is 1. The van der Waals surface area contributed by atoms with Gasteiger partial charge in [0.15, 0.2) is 5.58 Å². The Morgan fingerprint density at radius 2 is 1.96 bits per heavy atom. The van der Waals surface area contributed by atoms with Crippen molar-refractivity contribution in [2.45, 2.75) is 23.4 Å². The summed E-state index contributed by atoms with van der Waals surface area (Å²) >= 11 is 1.45. The minimum Gasteiger partial charge on any atom is -0.480 e. The number of carbonyl (C=O) groups is 1. The van der Waals surface area contributed by atoms with Gasteiger partial charge in [-0.2, -0.15) is 0 Å². The first-order chi connectivity index (χ1) is 11.1. The molecule has 0 amide bonds. The minimum absolute atomic E-state index is 0.205. The predicted molar refractivity (Wildman–Crippen MR) is 87.1 cm³/mol. The number of nitrogens with zero attached hydrogens (tertiary/aromatic N) is 2. The Kier molecular flexibility index (Phi) is 4.59. The molecule has 0 aliphatic carbocycles. The number of para-hydroxylation sites is 2. The van der Waals surface area contributed by atoms with E-state index in [9.17, 15) is 4.79 Å². The lowest BCUT2D eigenvalue weighted by Gasteiger charge is -2.07. The van der Waals surface area contributed by atoms with Crippen LogP contribution in [-0.4, -0.2) is 27.1 Å². The van der Waals surface area contributed by atoms with Crippen LogP contribution in [0, 0.1) is 0 Å². The average molecular weight is 329 g/mol. The molecule has 0 radical (unpaired) electrons. The van der Waals surface area contributed by atoms with Crippen molar-refractivity contribution >= 4 is 28.8 Å². The predicted octanol–water partition coefficient (Wildman–Crippen LogP) is 2.47. The molecule has 118 valence electrons. The summed E-state index contributed by atoms with van der Waals surface area (Å²) in [4.78, 5) is 19.6. The molecular weight excluding hydrogens is 314 g/mol. The van der Waals surface area contributed by atoms with Crippen LogP contribution in [0.5, 0.6) is 0 Å². The zero-order valence-corrected chi connectivity index (χ0v) is 13.0. The van der Waals surface area contributed by atoms with Crippen molar-refractivity contribution < 1.29 is 14.3 Å². The summed E-state index contributed by atoms with van der Waals surface area (Å²) in [6.07, 6.45) is 0.205. The number of carboxylic acid groups (broad SMARTS) is 1. The minimum atomic E-state index is -1.03. The van der Waals surface area contributed by atoms with Gasteiger partial charge in [-0.05, 0) is 24.3 Å². The number of rotatable bonds is 6. The second-order valence-corrected chi connectivity index (χ2v) is 5.93. The Labute approximate surface area is 136 Å². The smallest absolute Gasteiger partial charge is 0.320 e. The summed E-state index contributed by atoms with van der Waals surface area (Å²) in [6.45, 7) is 0. The normalized spacial score (nSPS) is 12.4. The molecule has 2 aromatic heterocycles. The highest BCUT2D eigenvalue weighted by Gasteiger charge is 2.13. The average Bonchev–Trinajstić information content (AvgIpc) is 2.96. The lowest BCUT2D eigenvalue weighted by Crippen LogP contribution is -2.32. The maximum atomic E-state index is 10.8. The van der Waals surface area contributed by atoms with E-state index in [1.165, 1.54) is 11.8 Å². The number of fused-ring (bicyclic) bond motifs is 1. The number of thioether (sulfide) groups is 1. The number of hydrogen-bond donors (Lipinski definition) is 2. The zero-order valence-electron chi connectivity index (χ0n) is 12.2. The molecule has 0 fully saturated rings. The third kappa shape index (κ3) is 3.88. The number of aromatic nitrogens is 2. The van der Waals surface area contributed by atoms with Gasteiger partial charge in [-0.15, -0.1) is 0 Å². The van der Waals surface area contributed by atoms with Crippen molar-refractivity contribution in [2.75, 3.05) is 0 Å². The summed E-state index contributed by atoms with van der Waals surface area (Å²) in [5.41, 5.74) is 8.60. The van der Waals surface area contributed by atoms with Gasteiger partial charge in [-0.25, -0.2) is 4.98 Å². The lowest BCUT2D eigenvalue weighted by molar-refractivity contribution is -0.138. The topological polar surface area (TPSA) is 102 Å². The fourth-order valence-electron chi connectivity index (χ4n) is 2.08. The highest BCUT2D eigenvalue weighted by molar-refractivity contribution is 7.98. The number of pyridine rings is 1. The molecule has 1 atom stereocenters. The Morgan fingerprint density at radius 1 is 1.17 bits per heavy atom. The molecular formula is C16H15N3O3S. The number of hydrogen-bond acceptors (Lipinski definition) is 6. The van der Waals surface area contributed by atoms with Gasteiger partial charge in [-0.3, -0.25) is 9.78 Å². The van der Waals surface area contributed by atoms with Crippen molar-refractivity contribution in [3.8, 4) is 0 Å². The van der Waals surface area contributed by atoms with Crippen LogP contribution < -0.4 is 5.73 Å². The van der Waals surface area contributed by atoms with Crippen LogP contribution in [0.2, 0.25) is 0 Å². The Bertz CT molecular complexity index is 801. The fourth-order valence-corrected chi connectivity index (χ4v) is 2.83. The Hall–Kier alpha value is -2.38. The number of aliphatic carboxylic acids is 1. The van der Waals surface area contributed by atoms with Crippen LogP contribution in [0.15, 0.2) is 52.1 Å². The number of nitrogens with two attached hydrogens (primary N) is 1. The van der Waals surface area contributed by atoms with Crippen molar-refractivity contribution in [3.05, 3.63) is 53.9 Å². The van der Waals surface area contributed by atoms with E-state index >= 15 is 0 Å². The molecule has 3 N–H and O–H groups in total. The zero-order chi connectivity index (χ0) is 16.2. The molecule has 0 saturated carbocycles. The molecule has 6 nitrogen and oxygen atoms in total. The second-order valence-electron chi connectivity index (χ2n) is 5.01. The van der Waals surface area contributed by atoms with Gasteiger partial charge in [0.2, 0.25) is 0 Å². The van der Waals surface area contributed by atoms with Crippen LogP contribution in [-0.2, 0) is 17.0 Å². The molecule has 2 heterocycles. The first-order valence-electron chi connectivity index (χ1n) is 7.03. The van der Waals surface area contributed by atoms with E-state index in [-0.39, 0.29) is 6.42 Å². The van der Waals surface area contributed by atoms with E-state index in [1.807, 2.05) is 36.4 Å². The summed E-state index contributed by atoms with van der Waals surface area (Å²) in [7, 11) is 0. The van der Waals surface area contributed by atoms with Crippen molar-refractivity contribution in [3.63, 3.8) is 0 Å². The van der Waals surface area contributed by atoms with Crippen LogP contribution in [0.4, 0.5) is 0 Å². The summed E-state index contributed by atoms with van der Waals surface area (Å²) in [5.74, 6) is -0.443. The van der Waals surface area contributed by atoms with E-state index in [2.05, 4.69) is 9.97 Å². The van der Waals surface area contributed by atoms with Gasteiger partial charge >= 0.3 is 5.97 Å².